The molecule has 2 aromatic carbocycles. The zero-order chi connectivity index (χ0) is 19.0. The van der Waals surface area contributed by atoms with Crippen molar-refractivity contribution in [3.63, 3.8) is 0 Å². The maximum atomic E-state index is 12.5. The second-order valence-electron chi connectivity index (χ2n) is 6.56. The van der Waals surface area contributed by atoms with Gasteiger partial charge in [-0.05, 0) is 31.2 Å². The molecule has 1 saturated heterocycles. The molecule has 3 aromatic rings. The van der Waals surface area contributed by atoms with Crippen LogP contribution in [0.2, 0.25) is 0 Å². The molecule has 1 N–H and O–H groups in total. The molecule has 1 aromatic heterocycles. The van der Waals surface area contributed by atoms with Gasteiger partial charge in [-0.15, -0.1) is 0 Å². The van der Waals surface area contributed by atoms with Gasteiger partial charge in [0.05, 0.1) is 23.2 Å². The molecular weight excluding hydrogens is 362 g/mol. The van der Waals surface area contributed by atoms with Crippen molar-refractivity contribution in [1.82, 2.24) is 4.98 Å². The van der Waals surface area contributed by atoms with Crippen LogP contribution in [0.3, 0.4) is 0 Å². The van der Waals surface area contributed by atoms with Crippen LogP contribution in [0.25, 0.3) is 10.2 Å². The Kier molecular flexibility index (Phi) is 4.53. The Labute approximate surface area is 160 Å². The van der Waals surface area contributed by atoms with Gasteiger partial charge < -0.3 is 15.0 Å². The van der Waals surface area contributed by atoms with Crippen LogP contribution in [0.5, 0.6) is 5.75 Å². The molecule has 27 heavy (non-hydrogen) atoms. The van der Waals surface area contributed by atoms with Crippen LogP contribution in [-0.4, -0.2) is 36.9 Å². The Hall–Kier alpha value is -2.93. The minimum Gasteiger partial charge on any atom is -0.497 e. The molecule has 2 heterocycles. The highest BCUT2D eigenvalue weighted by Crippen LogP contribution is 2.34. The number of nitrogens with one attached hydrogen (secondary N) is 1. The Morgan fingerprint density at radius 1 is 1.22 bits per heavy atom. The van der Waals surface area contributed by atoms with Crippen LogP contribution in [-0.2, 0) is 4.79 Å². The van der Waals surface area contributed by atoms with Crippen LogP contribution < -0.4 is 15.0 Å². The molecule has 4 rings (SSSR count). The normalized spacial score (nSPS) is 14.1. The summed E-state index contributed by atoms with van der Waals surface area (Å²) in [5.74, 6) is 0.642. The summed E-state index contributed by atoms with van der Waals surface area (Å²) in [4.78, 5) is 30.7. The Balaban J connectivity index is 1.39. The monoisotopic (exact) mass is 381 g/mol. The van der Waals surface area contributed by atoms with E-state index < -0.39 is 0 Å². The molecule has 1 aliphatic heterocycles. The van der Waals surface area contributed by atoms with Crippen LogP contribution in [0, 0.1) is 5.92 Å². The number of benzene rings is 2. The van der Waals surface area contributed by atoms with E-state index >= 15 is 0 Å². The third-order valence-electron chi connectivity index (χ3n) is 4.64. The van der Waals surface area contributed by atoms with Crippen LogP contribution in [0.1, 0.15) is 17.3 Å². The number of aromatic nitrogens is 1. The fourth-order valence-corrected chi connectivity index (χ4v) is 3.98. The number of thiazole rings is 1. The van der Waals surface area contributed by atoms with Crippen LogP contribution in [0.15, 0.2) is 42.5 Å². The molecule has 0 aliphatic carbocycles. The van der Waals surface area contributed by atoms with E-state index in [1.54, 1.807) is 42.7 Å². The van der Waals surface area contributed by atoms with Crippen molar-refractivity contribution in [2.24, 2.45) is 5.92 Å². The minimum absolute atomic E-state index is 0.0200. The van der Waals surface area contributed by atoms with E-state index in [1.165, 1.54) is 6.92 Å². The number of ether oxygens (including phenoxy) is 1. The molecule has 6 nitrogen and oxygen atoms in total. The van der Waals surface area contributed by atoms with E-state index in [0.717, 1.165) is 21.1 Å². The number of hydrogen-bond acceptors (Lipinski definition) is 6. The van der Waals surface area contributed by atoms with Crippen molar-refractivity contribution < 1.29 is 14.3 Å². The van der Waals surface area contributed by atoms with Crippen LogP contribution >= 0.6 is 11.3 Å². The summed E-state index contributed by atoms with van der Waals surface area (Å²) in [5, 5.41) is 3.82. The van der Waals surface area contributed by atoms with Gasteiger partial charge in [0.15, 0.2) is 10.9 Å². The third-order valence-corrected chi connectivity index (χ3v) is 5.74. The number of fused-ring (bicyclic) bond motifs is 1. The molecule has 7 heteroatoms. The second-order valence-corrected chi connectivity index (χ2v) is 7.57. The number of carbonyl (C=O) groups is 2. The van der Waals surface area contributed by atoms with Crippen molar-refractivity contribution in [3.8, 4) is 5.75 Å². The first-order valence-corrected chi connectivity index (χ1v) is 9.46. The highest BCUT2D eigenvalue weighted by atomic mass is 32.1. The van der Waals surface area contributed by atoms with E-state index in [4.69, 9.17) is 4.74 Å². The zero-order valence-electron chi connectivity index (χ0n) is 15.1. The van der Waals surface area contributed by atoms with Gasteiger partial charge in [-0.1, -0.05) is 23.5 Å². The van der Waals surface area contributed by atoms with Gasteiger partial charge in [0.25, 0.3) is 0 Å². The van der Waals surface area contributed by atoms with Crippen LogP contribution in [0.4, 0.5) is 10.8 Å². The molecule has 0 radical (unpaired) electrons. The molecule has 0 atom stereocenters. The lowest BCUT2D eigenvalue weighted by Crippen LogP contribution is -2.52. The average Bonchev–Trinajstić information content (AvgIpc) is 3.02. The van der Waals surface area contributed by atoms with Crippen molar-refractivity contribution >= 4 is 44.1 Å². The number of rotatable bonds is 5. The first-order chi connectivity index (χ1) is 13.0. The van der Waals surface area contributed by atoms with Gasteiger partial charge in [-0.3, -0.25) is 9.59 Å². The number of ketones is 1. The average molecular weight is 381 g/mol. The number of methoxy groups -OCH3 is 1. The van der Waals surface area contributed by atoms with E-state index in [9.17, 15) is 9.59 Å². The molecule has 1 fully saturated rings. The molecule has 138 valence electrons. The number of amides is 1. The first kappa shape index (κ1) is 17.5. The lowest BCUT2D eigenvalue weighted by molar-refractivity contribution is -0.120. The van der Waals surface area contributed by atoms with E-state index in [2.05, 4.69) is 15.2 Å². The lowest BCUT2D eigenvalue weighted by atomic mass is 10.00. The summed E-state index contributed by atoms with van der Waals surface area (Å²) >= 11 is 1.61. The van der Waals surface area contributed by atoms with Gasteiger partial charge >= 0.3 is 0 Å². The van der Waals surface area contributed by atoms with E-state index in [0.29, 0.717) is 24.3 Å². The van der Waals surface area contributed by atoms with Gasteiger partial charge in [0.1, 0.15) is 5.75 Å². The molecular formula is C20H19N3O3S. The van der Waals surface area contributed by atoms with Crippen molar-refractivity contribution in [1.29, 1.82) is 0 Å². The maximum Gasteiger partial charge on any atom is 0.231 e. The minimum atomic E-state index is -0.0902. The smallest absolute Gasteiger partial charge is 0.231 e. The molecule has 0 unspecified atom stereocenters. The number of carbonyl (C=O) groups excluding carboxylic acids is 2. The second kappa shape index (κ2) is 7.00. The first-order valence-electron chi connectivity index (χ1n) is 8.65. The predicted octanol–water partition coefficient (Wildman–Crippen LogP) is 3.58. The van der Waals surface area contributed by atoms with Crippen molar-refractivity contribution in [3.05, 3.63) is 48.0 Å². The Morgan fingerprint density at radius 2 is 2.04 bits per heavy atom. The summed E-state index contributed by atoms with van der Waals surface area (Å²) in [6.07, 6.45) is 0. The molecule has 1 amide bonds. The molecule has 0 saturated carbocycles. The molecule has 0 spiro atoms. The van der Waals surface area contributed by atoms with Gasteiger partial charge in [-0.2, -0.15) is 0 Å². The zero-order valence-corrected chi connectivity index (χ0v) is 15.9. The van der Waals surface area contributed by atoms with Gasteiger partial charge in [0.2, 0.25) is 5.91 Å². The summed E-state index contributed by atoms with van der Waals surface area (Å²) in [5.41, 5.74) is 2.15. The Bertz CT molecular complexity index is 1020. The number of hydrogen-bond donors (Lipinski definition) is 1. The number of Topliss-reactive ketones (excluding diaryl/α,β-unsaturated/α-hetero) is 1. The van der Waals surface area contributed by atoms with Crippen molar-refractivity contribution in [2.75, 3.05) is 30.4 Å². The standard InChI is InChI=1S/C20H19N3O3S/c1-12(24)13-4-3-5-15(8-13)21-19(25)14-10-23(11-14)20-22-17-9-16(26-2)6-7-18(17)27-20/h3-9,14H,10-11H2,1-2H3,(H,21,25). The quantitative estimate of drug-likeness (QED) is 0.684. The summed E-state index contributed by atoms with van der Waals surface area (Å²) in [7, 11) is 1.64. The number of nitrogens with zero attached hydrogens (tertiary/aromatic N) is 2. The highest BCUT2D eigenvalue weighted by molar-refractivity contribution is 7.22. The van der Waals surface area contributed by atoms with E-state index in [-0.39, 0.29) is 17.6 Å². The fraction of sp³-hybridized carbons (Fsp3) is 0.250. The van der Waals surface area contributed by atoms with Crippen molar-refractivity contribution in [2.45, 2.75) is 6.92 Å². The van der Waals surface area contributed by atoms with Gasteiger partial charge in [-0.25, -0.2) is 4.98 Å². The fourth-order valence-electron chi connectivity index (χ4n) is 3.02. The molecule has 1 aliphatic rings. The maximum absolute atomic E-state index is 12.5. The molecule has 0 bridgehead atoms. The number of anilines is 2. The predicted molar refractivity (Wildman–Crippen MR) is 107 cm³/mol. The van der Waals surface area contributed by atoms with E-state index in [1.807, 2.05) is 18.2 Å². The topological polar surface area (TPSA) is 71.5 Å². The summed E-state index contributed by atoms with van der Waals surface area (Å²) < 4.78 is 6.33. The SMILES string of the molecule is COc1ccc2sc(N3CC(C(=O)Nc4cccc(C(C)=O)c4)C3)nc2c1. The third kappa shape index (κ3) is 3.50. The summed E-state index contributed by atoms with van der Waals surface area (Å²) in [6, 6.07) is 12.9. The Morgan fingerprint density at radius 3 is 2.78 bits per heavy atom. The highest BCUT2D eigenvalue weighted by Gasteiger charge is 2.34. The largest absolute Gasteiger partial charge is 0.497 e. The summed E-state index contributed by atoms with van der Waals surface area (Å²) in [6.45, 7) is 2.78. The van der Waals surface area contributed by atoms with Gasteiger partial charge in [0, 0.05) is 30.4 Å². The lowest BCUT2D eigenvalue weighted by Gasteiger charge is -2.37.